The highest BCUT2D eigenvalue weighted by Crippen LogP contribution is 2.33. The molecule has 3 heteroatoms. The van der Waals surface area contributed by atoms with Crippen LogP contribution in [0.5, 0.6) is 5.75 Å². The molecule has 1 heterocycles. The van der Waals surface area contributed by atoms with Crippen LogP contribution in [0.2, 0.25) is 5.02 Å². The predicted molar refractivity (Wildman–Crippen MR) is 82.4 cm³/mol. The maximum Gasteiger partial charge on any atom is 0.122 e. The van der Waals surface area contributed by atoms with Gasteiger partial charge in [0.25, 0.3) is 0 Å². The fourth-order valence-corrected chi connectivity index (χ4v) is 3.04. The van der Waals surface area contributed by atoms with Crippen LogP contribution >= 0.6 is 11.6 Å². The molecule has 1 aliphatic rings. The van der Waals surface area contributed by atoms with E-state index in [0.29, 0.717) is 5.92 Å². The summed E-state index contributed by atoms with van der Waals surface area (Å²) in [4.78, 5) is 0. The number of fused-ring (bicyclic) bond motifs is 1. The van der Waals surface area contributed by atoms with Crippen LogP contribution in [0.15, 0.2) is 48.5 Å². The summed E-state index contributed by atoms with van der Waals surface area (Å²) in [5, 5.41) is 4.19. The van der Waals surface area contributed by atoms with Crippen LogP contribution in [0.4, 0.5) is 0 Å². The molecular formula is C17H18ClNO. The monoisotopic (exact) mass is 287 g/mol. The molecule has 0 aromatic heterocycles. The summed E-state index contributed by atoms with van der Waals surface area (Å²) >= 11 is 5.97. The van der Waals surface area contributed by atoms with Crippen molar-refractivity contribution in [3.8, 4) is 5.75 Å². The van der Waals surface area contributed by atoms with Gasteiger partial charge in [0.2, 0.25) is 0 Å². The number of benzene rings is 2. The quantitative estimate of drug-likeness (QED) is 0.926. The van der Waals surface area contributed by atoms with Crippen LogP contribution in [0.3, 0.4) is 0 Å². The molecule has 0 fully saturated rings. The lowest BCUT2D eigenvalue weighted by atomic mass is 9.86. The minimum absolute atomic E-state index is 0.278. The fourth-order valence-electron chi connectivity index (χ4n) is 2.91. The zero-order valence-electron chi connectivity index (χ0n) is 11.5. The van der Waals surface area contributed by atoms with Gasteiger partial charge in [-0.1, -0.05) is 41.9 Å². The van der Waals surface area contributed by atoms with Crippen molar-refractivity contribution in [1.82, 2.24) is 5.32 Å². The SMILES string of the molecule is CNC(c1ccc(Cl)cc1)C1COc2ccccc2C1. The van der Waals surface area contributed by atoms with Gasteiger partial charge < -0.3 is 10.1 Å². The molecule has 2 aromatic carbocycles. The van der Waals surface area contributed by atoms with Gasteiger partial charge in [0, 0.05) is 17.0 Å². The maximum atomic E-state index is 5.97. The van der Waals surface area contributed by atoms with Crippen molar-refractivity contribution in [2.24, 2.45) is 5.92 Å². The molecule has 2 atom stereocenters. The molecule has 0 saturated carbocycles. The Balaban J connectivity index is 1.83. The average Bonchev–Trinajstić information content (AvgIpc) is 2.50. The lowest BCUT2D eigenvalue weighted by Crippen LogP contribution is -2.33. The molecule has 20 heavy (non-hydrogen) atoms. The molecule has 0 radical (unpaired) electrons. The summed E-state index contributed by atoms with van der Waals surface area (Å²) in [6, 6.07) is 16.6. The normalized spacial score (nSPS) is 19.0. The second kappa shape index (κ2) is 5.86. The number of para-hydroxylation sites is 1. The van der Waals surface area contributed by atoms with Crippen molar-refractivity contribution in [1.29, 1.82) is 0 Å². The summed E-state index contributed by atoms with van der Waals surface area (Å²) < 4.78 is 5.90. The molecule has 3 rings (SSSR count). The Bertz CT molecular complexity index is 582. The van der Waals surface area contributed by atoms with Gasteiger partial charge in [0.05, 0.1) is 6.61 Å². The third kappa shape index (κ3) is 2.67. The molecule has 0 bridgehead atoms. The molecule has 0 aliphatic carbocycles. The van der Waals surface area contributed by atoms with Crippen LogP contribution < -0.4 is 10.1 Å². The second-order valence-electron chi connectivity index (χ2n) is 5.20. The summed E-state index contributed by atoms with van der Waals surface area (Å²) in [6.45, 7) is 0.741. The van der Waals surface area contributed by atoms with E-state index in [4.69, 9.17) is 16.3 Å². The standard InChI is InChI=1S/C17H18ClNO/c1-19-17(12-6-8-15(18)9-7-12)14-10-13-4-2-3-5-16(13)20-11-14/h2-9,14,17,19H,10-11H2,1H3. The summed E-state index contributed by atoms with van der Waals surface area (Å²) in [5.41, 5.74) is 2.54. The van der Waals surface area contributed by atoms with Crippen molar-refractivity contribution in [2.45, 2.75) is 12.5 Å². The Morgan fingerprint density at radius 2 is 1.90 bits per heavy atom. The van der Waals surface area contributed by atoms with E-state index in [1.165, 1.54) is 11.1 Å². The fraction of sp³-hybridized carbons (Fsp3) is 0.294. The lowest BCUT2D eigenvalue weighted by molar-refractivity contribution is 0.188. The van der Waals surface area contributed by atoms with Crippen molar-refractivity contribution in [3.63, 3.8) is 0 Å². The van der Waals surface area contributed by atoms with E-state index in [1.807, 2.05) is 31.3 Å². The van der Waals surface area contributed by atoms with Crippen molar-refractivity contribution >= 4 is 11.6 Å². The van der Waals surface area contributed by atoms with E-state index in [2.05, 4.69) is 29.6 Å². The Morgan fingerprint density at radius 3 is 2.65 bits per heavy atom. The minimum atomic E-state index is 0.278. The molecule has 2 nitrogen and oxygen atoms in total. The zero-order valence-corrected chi connectivity index (χ0v) is 12.2. The Hall–Kier alpha value is -1.51. The van der Waals surface area contributed by atoms with Crippen LogP contribution in [-0.2, 0) is 6.42 Å². The Labute approximate surface area is 124 Å². The first-order valence-electron chi connectivity index (χ1n) is 6.91. The number of hydrogen-bond donors (Lipinski definition) is 1. The van der Waals surface area contributed by atoms with Crippen LogP contribution in [-0.4, -0.2) is 13.7 Å². The molecule has 1 aliphatic heterocycles. The lowest BCUT2D eigenvalue weighted by Gasteiger charge is -2.31. The summed E-state index contributed by atoms with van der Waals surface area (Å²) in [5.74, 6) is 1.45. The third-order valence-electron chi connectivity index (χ3n) is 3.92. The maximum absolute atomic E-state index is 5.97. The topological polar surface area (TPSA) is 21.3 Å². The van der Waals surface area contributed by atoms with Gasteiger partial charge in [-0.25, -0.2) is 0 Å². The highest BCUT2D eigenvalue weighted by atomic mass is 35.5. The average molecular weight is 288 g/mol. The number of hydrogen-bond acceptors (Lipinski definition) is 2. The van der Waals surface area contributed by atoms with Gasteiger partial charge >= 0.3 is 0 Å². The van der Waals surface area contributed by atoms with Gasteiger partial charge in [0.1, 0.15) is 5.75 Å². The molecule has 0 saturated heterocycles. The van der Waals surface area contributed by atoms with Crippen LogP contribution in [0.25, 0.3) is 0 Å². The number of halogens is 1. The molecular weight excluding hydrogens is 270 g/mol. The van der Waals surface area contributed by atoms with E-state index < -0.39 is 0 Å². The number of ether oxygens (including phenoxy) is 1. The zero-order chi connectivity index (χ0) is 13.9. The Morgan fingerprint density at radius 1 is 1.15 bits per heavy atom. The second-order valence-corrected chi connectivity index (χ2v) is 5.64. The van der Waals surface area contributed by atoms with Crippen LogP contribution in [0, 0.1) is 5.92 Å². The number of rotatable bonds is 3. The summed E-state index contributed by atoms with van der Waals surface area (Å²) in [6.07, 6.45) is 1.03. The van der Waals surface area contributed by atoms with E-state index in [9.17, 15) is 0 Å². The van der Waals surface area contributed by atoms with Gasteiger partial charge in [-0.3, -0.25) is 0 Å². The first-order chi connectivity index (χ1) is 9.78. The third-order valence-corrected chi connectivity index (χ3v) is 4.17. The highest BCUT2D eigenvalue weighted by Gasteiger charge is 2.27. The first kappa shape index (κ1) is 13.5. The number of nitrogens with one attached hydrogen (secondary N) is 1. The van der Waals surface area contributed by atoms with E-state index in [1.54, 1.807) is 0 Å². The molecule has 1 N–H and O–H groups in total. The van der Waals surface area contributed by atoms with Crippen LogP contribution in [0.1, 0.15) is 17.2 Å². The van der Waals surface area contributed by atoms with Crippen molar-refractivity contribution in [2.75, 3.05) is 13.7 Å². The van der Waals surface area contributed by atoms with Crippen molar-refractivity contribution in [3.05, 3.63) is 64.7 Å². The molecule has 2 unspecified atom stereocenters. The first-order valence-corrected chi connectivity index (χ1v) is 7.29. The van der Waals surface area contributed by atoms with Gasteiger partial charge in [-0.05, 0) is 42.8 Å². The van der Waals surface area contributed by atoms with E-state index >= 15 is 0 Å². The van der Waals surface area contributed by atoms with Gasteiger partial charge in [-0.15, -0.1) is 0 Å². The van der Waals surface area contributed by atoms with Crippen molar-refractivity contribution < 1.29 is 4.74 Å². The van der Waals surface area contributed by atoms with E-state index in [-0.39, 0.29) is 6.04 Å². The van der Waals surface area contributed by atoms with E-state index in [0.717, 1.165) is 23.8 Å². The highest BCUT2D eigenvalue weighted by molar-refractivity contribution is 6.30. The predicted octanol–water partition coefficient (Wildman–Crippen LogP) is 3.85. The molecule has 0 amide bonds. The molecule has 104 valence electrons. The minimum Gasteiger partial charge on any atom is -0.493 e. The van der Waals surface area contributed by atoms with Gasteiger partial charge in [-0.2, -0.15) is 0 Å². The summed E-state index contributed by atoms with van der Waals surface area (Å²) in [7, 11) is 2.00. The van der Waals surface area contributed by atoms with Gasteiger partial charge in [0.15, 0.2) is 0 Å². The largest absolute Gasteiger partial charge is 0.493 e. The molecule has 0 spiro atoms. The molecule has 2 aromatic rings. The Kier molecular flexibility index (Phi) is 3.95. The smallest absolute Gasteiger partial charge is 0.122 e.